The second-order valence-corrected chi connectivity index (χ2v) is 7.15. The second-order valence-electron chi connectivity index (χ2n) is 4.10. The summed E-state index contributed by atoms with van der Waals surface area (Å²) in [5.74, 6) is 5.09. The fourth-order valence-electron chi connectivity index (χ4n) is 1.37. The molecule has 0 saturated carbocycles. The van der Waals surface area contributed by atoms with Crippen LogP contribution in [0.3, 0.4) is 0 Å². The first-order valence-electron chi connectivity index (χ1n) is 6.07. The Bertz CT molecular complexity index is 591. The van der Waals surface area contributed by atoms with E-state index in [-0.39, 0.29) is 11.5 Å². The lowest BCUT2D eigenvalue weighted by Gasteiger charge is -2.09. The van der Waals surface area contributed by atoms with Crippen LogP contribution in [0.1, 0.15) is 18.9 Å². The van der Waals surface area contributed by atoms with Gasteiger partial charge in [-0.2, -0.15) is 11.8 Å². The first-order chi connectivity index (χ1) is 9.49. The summed E-state index contributed by atoms with van der Waals surface area (Å²) >= 11 is 1.69. The molecule has 0 aliphatic carbocycles. The van der Waals surface area contributed by atoms with E-state index in [1.165, 1.54) is 18.5 Å². The molecule has 1 unspecified atom stereocenters. The van der Waals surface area contributed by atoms with Crippen molar-refractivity contribution >= 4 is 21.8 Å². The van der Waals surface area contributed by atoms with Crippen molar-refractivity contribution in [3.8, 4) is 11.8 Å². The topological polar surface area (TPSA) is 79.3 Å². The van der Waals surface area contributed by atoms with E-state index < -0.39 is 10.0 Å². The monoisotopic (exact) mass is 314 g/mol. The second kappa shape index (κ2) is 8.27. The average Bonchev–Trinajstić information content (AvgIpc) is 2.45. The predicted molar refractivity (Wildman–Crippen MR) is 81.0 cm³/mol. The van der Waals surface area contributed by atoms with Crippen LogP contribution in [-0.2, 0) is 10.0 Å². The van der Waals surface area contributed by atoms with Gasteiger partial charge in [-0.15, -0.1) is 0 Å². The van der Waals surface area contributed by atoms with Crippen molar-refractivity contribution < 1.29 is 13.5 Å². The number of aliphatic hydroxyl groups is 1. The molecule has 0 saturated heterocycles. The van der Waals surface area contributed by atoms with Gasteiger partial charge in [0.1, 0.15) is 11.5 Å². The number of pyridine rings is 1. The highest BCUT2D eigenvalue weighted by molar-refractivity contribution is 7.99. The zero-order chi connectivity index (χ0) is 15.0. The number of nitrogens with one attached hydrogen (secondary N) is 1. The molecule has 0 aromatic carbocycles. The van der Waals surface area contributed by atoms with Crippen LogP contribution in [0.25, 0.3) is 0 Å². The van der Waals surface area contributed by atoms with Crippen LogP contribution < -0.4 is 4.72 Å². The van der Waals surface area contributed by atoms with Crippen molar-refractivity contribution in [2.75, 3.05) is 19.4 Å². The molecule has 110 valence electrons. The van der Waals surface area contributed by atoms with E-state index in [4.69, 9.17) is 5.11 Å². The summed E-state index contributed by atoms with van der Waals surface area (Å²) in [6, 6.07) is 1.44. The average molecular weight is 314 g/mol. The fraction of sp³-hybridized carbons (Fsp3) is 0.462. The zero-order valence-corrected chi connectivity index (χ0v) is 13.1. The van der Waals surface area contributed by atoms with Crippen LogP contribution in [0.2, 0.25) is 0 Å². The predicted octanol–water partition coefficient (Wildman–Crippen LogP) is 0.845. The van der Waals surface area contributed by atoms with Crippen LogP contribution in [0.4, 0.5) is 0 Å². The minimum absolute atomic E-state index is 0.0824. The maximum Gasteiger partial charge on any atom is 0.242 e. The maximum absolute atomic E-state index is 12.1. The molecule has 1 aromatic rings. The van der Waals surface area contributed by atoms with Crippen molar-refractivity contribution in [1.29, 1.82) is 0 Å². The third-order valence-corrected chi connectivity index (χ3v) is 5.05. The summed E-state index contributed by atoms with van der Waals surface area (Å²) in [5, 5.41) is 9.02. The van der Waals surface area contributed by atoms with Gasteiger partial charge in [-0.1, -0.05) is 18.8 Å². The smallest absolute Gasteiger partial charge is 0.242 e. The molecular weight excluding hydrogens is 296 g/mol. The number of sulfonamides is 1. The molecule has 0 bridgehead atoms. The molecule has 1 rings (SSSR count). The number of nitrogens with zero attached hydrogens (tertiary/aromatic N) is 1. The zero-order valence-electron chi connectivity index (χ0n) is 11.5. The van der Waals surface area contributed by atoms with E-state index in [9.17, 15) is 8.42 Å². The van der Waals surface area contributed by atoms with E-state index in [1.807, 2.05) is 13.2 Å². The highest BCUT2D eigenvalue weighted by Crippen LogP contribution is 2.11. The Morgan fingerprint density at radius 1 is 1.50 bits per heavy atom. The molecule has 0 aliphatic heterocycles. The van der Waals surface area contributed by atoms with Crippen LogP contribution >= 0.6 is 11.8 Å². The van der Waals surface area contributed by atoms with Crippen LogP contribution in [-0.4, -0.2) is 43.2 Å². The third kappa shape index (κ3) is 5.51. The largest absolute Gasteiger partial charge is 0.384 e. The summed E-state index contributed by atoms with van der Waals surface area (Å²) in [7, 11) is -3.56. The fourth-order valence-corrected chi connectivity index (χ4v) is 2.76. The minimum atomic E-state index is -3.56. The first-order valence-corrected chi connectivity index (χ1v) is 8.84. The Morgan fingerprint density at radius 3 is 2.90 bits per heavy atom. The lowest BCUT2D eigenvalue weighted by molar-refractivity contribution is 0.350. The molecule has 7 heteroatoms. The van der Waals surface area contributed by atoms with E-state index in [1.54, 1.807) is 11.8 Å². The summed E-state index contributed by atoms with van der Waals surface area (Å²) in [6.45, 7) is 2.16. The summed E-state index contributed by atoms with van der Waals surface area (Å²) in [6.07, 6.45) is 5.49. The van der Waals surface area contributed by atoms with E-state index >= 15 is 0 Å². The SMILES string of the molecule is CSC(C)CCNS(=O)(=O)c1cncc(C#CCO)c1. The van der Waals surface area contributed by atoms with E-state index in [2.05, 4.69) is 21.5 Å². The van der Waals surface area contributed by atoms with Gasteiger partial charge in [-0.05, 0) is 18.7 Å². The van der Waals surface area contributed by atoms with Gasteiger partial charge in [0, 0.05) is 29.8 Å². The Morgan fingerprint density at radius 2 is 2.25 bits per heavy atom. The number of aromatic nitrogens is 1. The summed E-state index contributed by atoms with van der Waals surface area (Å²) < 4.78 is 26.7. The van der Waals surface area contributed by atoms with Gasteiger partial charge in [0.2, 0.25) is 10.0 Å². The van der Waals surface area contributed by atoms with Crippen LogP contribution in [0, 0.1) is 11.8 Å². The number of hydrogen-bond donors (Lipinski definition) is 2. The highest BCUT2D eigenvalue weighted by atomic mass is 32.2. The Hall–Kier alpha value is -1.07. The lowest BCUT2D eigenvalue weighted by atomic mass is 10.3. The molecule has 0 spiro atoms. The van der Waals surface area contributed by atoms with Crippen LogP contribution in [0.15, 0.2) is 23.4 Å². The van der Waals surface area contributed by atoms with Gasteiger partial charge in [0.25, 0.3) is 0 Å². The molecule has 20 heavy (non-hydrogen) atoms. The number of rotatable bonds is 6. The van der Waals surface area contributed by atoms with Gasteiger partial charge in [-0.25, -0.2) is 13.1 Å². The molecule has 1 aromatic heterocycles. The Balaban J connectivity index is 2.77. The van der Waals surface area contributed by atoms with Gasteiger partial charge in [0.15, 0.2) is 0 Å². The Labute approximate surface area is 124 Å². The molecule has 0 fully saturated rings. The molecular formula is C13H18N2O3S2. The van der Waals surface area contributed by atoms with Gasteiger partial charge in [0.05, 0.1) is 0 Å². The van der Waals surface area contributed by atoms with Crippen molar-refractivity contribution in [2.45, 2.75) is 23.5 Å². The van der Waals surface area contributed by atoms with Crippen LogP contribution in [0.5, 0.6) is 0 Å². The molecule has 1 heterocycles. The van der Waals surface area contributed by atoms with Crippen molar-refractivity contribution in [3.05, 3.63) is 24.0 Å². The quantitative estimate of drug-likeness (QED) is 0.761. The molecule has 0 radical (unpaired) electrons. The van der Waals surface area contributed by atoms with Gasteiger partial charge >= 0.3 is 0 Å². The van der Waals surface area contributed by atoms with Crippen molar-refractivity contribution in [1.82, 2.24) is 9.71 Å². The lowest BCUT2D eigenvalue weighted by Crippen LogP contribution is -2.26. The molecule has 1 atom stereocenters. The Kier molecular flexibility index (Phi) is 7.02. The van der Waals surface area contributed by atoms with Crippen molar-refractivity contribution in [3.63, 3.8) is 0 Å². The minimum Gasteiger partial charge on any atom is -0.384 e. The number of thioether (sulfide) groups is 1. The van der Waals surface area contributed by atoms with Gasteiger partial charge < -0.3 is 5.11 Å². The molecule has 2 N–H and O–H groups in total. The summed E-state index contributed by atoms with van der Waals surface area (Å²) in [4.78, 5) is 3.94. The maximum atomic E-state index is 12.1. The molecule has 0 amide bonds. The molecule has 0 aliphatic rings. The highest BCUT2D eigenvalue weighted by Gasteiger charge is 2.14. The third-order valence-electron chi connectivity index (χ3n) is 2.58. The van der Waals surface area contributed by atoms with Crippen molar-refractivity contribution in [2.24, 2.45) is 0 Å². The van der Waals surface area contributed by atoms with E-state index in [0.717, 1.165) is 6.42 Å². The van der Waals surface area contributed by atoms with E-state index in [0.29, 0.717) is 17.4 Å². The first kappa shape index (κ1) is 17.0. The number of hydrogen-bond acceptors (Lipinski definition) is 5. The standard InChI is InChI=1S/C13H18N2O3S2/c1-11(19-2)5-6-15-20(17,18)13-8-12(4-3-7-16)9-14-10-13/h8-11,15-16H,5-7H2,1-2H3. The summed E-state index contributed by atoms with van der Waals surface area (Å²) in [5.41, 5.74) is 0.458. The molecule has 5 nitrogen and oxygen atoms in total. The number of aliphatic hydroxyl groups excluding tert-OH is 1. The normalized spacial score (nSPS) is 12.6. The van der Waals surface area contributed by atoms with Gasteiger partial charge in [-0.3, -0.25) is 4.98 Å².